The second kappa shape index (κ2) is 6.26. The molecule has 0 saturated carbocycles. The molecule has 0 aromatic heterocycles. The molecule has 0 aliphatic carbocycles. The number of nitrogens with zero attached hydrogens (tertiary/aromatic N) is 1. The standard InChI is InChI=1S/C12H24N2O/c1-10(2)9-15-6-5-14-8-11(3)13-7-12(14)4/h11-13H,1,5-9H2,2-4H3. The van der Waals surface area contributed by atoms with E-state index >= 15 is 0 Å². The summed E-state index contributed by atoms with van der Waals surface area (Å²) in [6.45, 7) is 15.0. The Kier molecular flexibility index (Phi) is 5.29. The third-order valence-corrected chi connectivity index (χ3v) is 2.76. The first-order chi connectivity index (χ1) is 7.09. The Morgan fingerprint density at radius 1 is 1.53 bits per heavy atom. The van der Waals surface area contributed by atoms with Crippen LogP contribution in [-0.2, 0) is 4.74 Å². The van der Waals surface area contributed by atoms with Gasteiger partial charge in [0, 0.05) is 31.7 Å². The number of piperazine rings is 1. The molecule has 0 radical (unpaired) electrons. The van der Waals surface area contributed by atoms with Gasteiger partial charge >= 0.3 is 0 Å². The van der Waals surface area contributed by atoms with Crippen molar-refractivity contribution in [1.29, 1.82) is 0 Å². The first kappa shape index (κ1) is 12.7. The van der Waals surface area contributed by atoms with E-state index in [1.807, 2.05) is 6.92 Å². The number of ether oxygens (including phenoxy) is 1. The zero-order chi connectivity index (χ0) is 11.3. The fraction of sp³-hybridized carbons (Fsp3) is 0.833. The van der Waals surface area contributed by atoms with Crippen LogP contribution in [-0.4, -0.2) is 49.8 Å². The highest BCUT2D eigenvalue weighted by atomic mass is 16.5. The van der Waals surface area contributed by atoms with Crippen LogP contribution in [0.15, 0.2) is 12.2 Å². The smallest absolute Gasteiger partial charge is 0.0672 e. The quantitative estimate of drug-likeness (QED) is 0.548. The van der Waals surface area contributed by atoms with E-state index in [2.05, 4.69) is 30.6 Å². The molecular formula is C12H24N2O. The normalized spacial score (nSPS) is 27.9. The van der Waals surface area contributed by atoms with E-state index in [9.17, 15) is 0 Å². The van der Waals surface area contributed by atoms with E-state index in [0.717, 1.165) is 31.8 Å². The molecule has 0 aromatic rings. The monoisotopic (exact) mass is 212 g/mol. The molecule has 88 valence electrons. The van der Waals surface area contributed by atoms with Crippen molar-refractivity contribution in [3.8, 4) is 0 Å². The number of hydrogen-bond donors (Lipinski definition) is 1. The van der Waals surface area contributed by atoms with Crippen LogP contribution in [0, 0.1) is 0 Å². The summed E-state index contributed by atoms with van der Waals surface area (Å²) in [4.78, 5) is 2.49. The van der Waals surface area contributed by atoms with Crippen LogP contribution in [0.4, 0.5) is 0 Å². The van der Waals surface area contributed by atoms with E-state index in [1.165, 1.54) is 0 Å². The molecule has 0 amide bonds. The van der Waals surface area contributed by atoms with Gasteiger partial charge in [-0.15, -0.1) is 0 Å². The maximum absolute atomic E-state index is 5.52. The van der Waals surface area contributed by atoms with Gasteiger partial charge in [-0.2, -0.15) is 0 Å². The van der Waals surface area contributed by atoms with E-state index in [4.69, 9.17) is 4.74 Å². The zero-order valence-electron chi connectivity index (χ0n) is 10.3. The minimum Gasteiger partial charge on any atom is -0.376 e. The summed E-state index contributed by atoms with van der Waals surface area (Å²) >= 11 is 0. The zero-order valence-corrected chi connectivity index (χ0v) is 10.3. The molecule has 1 saturated heterocycles. The predicted octanol–water partition coefficient (Wildman–Crippen LogP) is 1.26. The molecule has 2 atom stereocenters. The van der Waals surface area contributed by atoms with E-state index in [0.29, 0.717) is 18.7 Å². The first-order valence-electron chi connectivity index (χ1n) is 5.79. The summed E-state index contributed by atoms with van der Waals surface area (Å²) in [7, 11) is 0. The van der Waals surface area contributed by atoms with Crippen LogP contribution in [0.1, 0.15) is 20.8 Å². The molecule has 1 rings (SSSR count). The van der Waals surface area contributed by atoms with Crippen LogP contribution in [0.25, 0.3) is 0 Å². The minimum absolute atomic E-state index is 0.599. The second-order valence-corrected chi connectivity index (χ2v) is 4.66. The maximum atomic E-state index is 5.52. The SMILES string of the molecule is C=C(C)COCCN1CC(C)NCC1C. The third kappa shape index (κ3) is 4.78. The largest absolute Gasteiger partial charge is 0.376 e. The van der Waals surface area contributed by atoms with E-state index in [-0.39, 0.29) is 0 Å². The summed E-state index contributed by atoms with van der Waals surface area (Å²) in [5.74, 6) is 0. The van der Waals surface area contributed by atoms with Gasteiger partial charge in [-0.1, -0.05) is 12.2 Å². The van der Waals surface area contributed by atoms with Crippen LogP contribution in [0.5, 0.6) is 0 Å². The summed E-state index contributed by atoms with van der Waals surface area (Å²) in [5, 5.41) is 3.47. The highest BCUT2D eigenvalue weighted by Gasteiger charge is 2.21. The van der Waals surface area contributed by atoms with Crippen molar-refractivity contribution in [3.05, 3.63) is 12.2 Å². The van der Waals surface area contributed by atoms with Crippen molar-refractivity contribution in [2.45, 2.75) is 32.9 Å². The molecule has 1 N–H and O–H groups in total. The molecule has 0 spiro atoms. The Bertz CT molecular complexity index is 206. The predicted molar refractivity (Wildman–Crippen MR) is 64.1 cm³/mol. The molecule has 0 aromatic carbocycles. The molecule has 1 aliphatic rings. The van der Waals surface area contributed by atoms with Gasteiger partial charge in [0.15, 0.2) is 0 Å². The van der Waals surface area contributed by atoms with Gasteiger partial charge in [-0.3, -0.25) is 4.90 Å². The lowest BCUT2D eigenvalue weighted by Crippen LogP contribution is -2.54. The van der Waals surface area contributed by atoms with E-state index < -0.39 is 0 Å². The van der Waals surface area contributed by atoms with Crippen LogP contribution in [0.3, 0.4) is 0 Å². The maximum Gasteiger partial charge on any atom is 0.0672 e. The molecule has 1 heterocycles. The topological polar surface area (TPSA) is 24.5 Å². The molecule has 1 fully saturated rings. The lowest BCUT2D eigenvalue weighted by molar-refractivity contribution is 0.0818. The molecule has 3 nitrogen and oxygen atoms in total. The average Bonchev–Trinajstić information content (AvgIpc) is 2.17. The molecule has 3 heteroatoms. The molecular weight excluding hydrogens is 188 g/mol. The van der Waals surface area contributed by atoms with Crippen molar-refractivity contribution in [2.24, 2.45) is 0 Å². The van der Waals surface area contributed by atoms with Crippen molar-refractivity contribution < 1.29 is 4.74 Å². The van der Waals surface area contributed by atoms with Gasteiger partial charge in [0.1, 0.15) is 0 Å². The Morgan fingerprint density at radius 2 is 2.27 bits per heavy atom. The number of nitrogens with one attached hydrogen (secondary N) is 1. The van der Waals surface area contributed by atoms with Crippen molar-refractivity contribution in [3.63, 3.8) is 0 Å². The lowest BCUT2D eigenvalue weighted by Gasteiger charge is -2.37. The van der Waals surface area contributed by atoms with Crippen molar-refractivity contribution in [2.75, 3.05) is 32.8 Å². The average molecular weight is 212 g/mol. The third-order valence-electron chi connectivity index (χ3n) is 2.76. The highest BCUT2D eigenvalue weighted by Crippen LogP contribution is 2.05. The highest BCUT2D eigenvalue weighted by molar-refractivity contribution is 4.87. The molecule has 15 heavy (non-hydrogen) atoms. The van der Waals surface area contributed by atoms with Gasteiger partial charge in [0.25, 0.3) is 0 Å². The molecule has 1 aliphatic heterocycles. The van der Waals surface area contributed by atoms with Crippen LogP contribution < -0.4 is 5.32 Å². The van der Waals surface area contributed by atoms with Crippen molar-refractivity contribution >= 4 is 0 Å². The van der Waals surface area contributed by atoms with Crippen LogP contribution in [0.2, 0.25) is 0 Å². The lowest BCUT2D eigenvalue weighted by atomic mass is 10.1. The fourth-order valence-corrected chi connectivity index (χ4v) is 1.84. The summed E-state index contributed by atoms with van der Waals surface area (Å²) in [6, 6.07) is 1.22. The van der Waals surface area contributed by atoms with Crippen molar-refractivity contribution in [1.82, 2.24) is 10.2 Å². The van der Waals surface area contributed by atoms with E-state index in [1.54, 1.807) is 0 Å². The van der Waals surface area contributed by atoms with Gasteiger partial charge in [-0.25, -0.2) is 0 Å². The van der Waals surface area contributed by atoms with Gasteiger partial charge in [0.05, 0.1) is 13.2 Å². The number of rotatable bonds is 5. The summed E-state index contributed by atoms with van der Waals surface area (Å²) in [5.41, 5.74) is 1.09. The Balaban J connectivity index is 2.16. The first-order valence-corrected chi connectivity index (χ1v) is 5.79. The Hall–Kier alpha value is -0.380. The summed E-state index contributed by atoms with van der Waals surface area (Å²) < 4.78 is 5.52. The molecule has 2 unspecified atom stereocenters. The number of hydrogen-bond acceptors (Lipinski definition) is 3. The molecule has 0 bridgehead atoms. The second-order valence-electron chi connectivity index (χ2n) is 4.66. The van der Waals surface area contributed by atoms with Gasteiger partial charge < -0.3 is 10.1 Å². The summed E-state index contributed by atoms with van der Waals surface area (Å²) in [6.07, 6.45) is 0. The van der Waals surface area contributed by atoms with Crippen LogP contribution >= 0.6 is 0 Å². The van der Waals surface area contributed by atoms with Gasteiger partial charge in [-0.05, 0) is 20.8 Å². The Labute approximate surface area is 93.5 Å². The minimum atomic E-state index is 0.599. The Morgan fingerprint density at radius 3 is 2.93 bits per heavy atom. The van der Waals surface area contributed by atoms with Gasteiger partial charge in [0.2, 0.25) is 0 Å². The fourth-order valence-electron chi connectivity index (χ4n) is 1.84.